The first kappa shape index (κ1) is 14.5. The van der Waals surface area contributed by atoms with Gasteiger partial charge in [-0.2, -0.15) is 0 Å². The lowest BCUT2D eigenvalue weighted by Gasteiger charge is -2.34. The Morgan fingerprint density at radius 3 is 2.60 bits per heavy atom. The number of carbonyl (C=O) groups excluding carboxylic acids is 1. The van der Waals surface area contributed by atoms with Crippen LogP contribution in [0.5, 0.6) is 0 Å². The fourth-order valence-corrected chi connectivity index (χ4v) is 4.70. The van der Waals surface area contributed by atoms with Gasteiger partial charge in [0.15, 0.2) is 5.78 Å². The van der Waals surface area contributed by atoms with Gasteiger partial charge in [0.2, 0.25) is 0 Å². The molecular weight excluding hydrogens is 278 g/mol. The molecule has 0 spiro atoms. The van der Waals surface area contributed by atoms with Crippen molar-refractivity contribution in [3.63, 3.8) is 0 Å². The molecule has 0 bridgehead atoms. The Kier molecular flexibility index (Phi) is 3.67. The normalized spacial score (nSPS) is 30.1. The molecule has 2 saturated carbocycles. The van der Waals surface area contributed by atoms with E-state index in [1.54, 1.807) is 0 Å². The third-order valence-corrected chi connectivity index (χ3v) is 5.67. The first-order valence-electron chi connectivity index (χ1n) is 7.42. The molecule has 0 aromatic carbocycles. The zero-order chi connectivity index (χ0) is 14.4. The van der Waals surface area contributed by atoms with Crippen LogP contribution in [0, 0.1) is 11.3 Å². The van der Waals surface area contributed by atoms with Crippen LogP contribution in [-0.4, -0.2) is 63.5 Å². The van der Waals surface area contributed by atoms with Crippen molar-refractivity contribution in [3.05, 3.63) is 0 Å². The molecule has 0 N–H and O–H groups in total. The van der Waals surface area contributed by atoms with Crippen LogP contribution < -0.4 is 0 Å². The number of sulfone groups is 1. The lowest BCUT2D eigenvalue weighted by molar-refractivity contribution is -0.137. The van der Waals surface area contributed by atoms with Crippen molar-refractivity contribution in [2.45, 2.75) is 31.8 Å². The molecule has 2 aliphatic carbocycles. The van der Waals surface area contributed by atoms with Crippen molar-refractivity contribution < 1.29 is 17.9 Å². The summed E-state index contributed by atoms with van der Waals surface area (Å²) < 4.78 is 28.6. The maximum atomic E-state index is 12.1. The van der Waals surface area contributed by atoms with Gasteiger partial charge in [0.1, 0.15) is 15.9 Å². The molecule has 3 aliphatic rings. The lowest BCUT2D eigenvalue weighted by Crippen LogP contribution is -2.48. The van der Waals surface area contributed by atoms with Gasteiger partial charge in [-0.15, -0.1) is 0 Å². The number of nitrogens with zero attached hydrogens (tertiary/aromatic N) is 1. The summed E-state index contributed by atoms with van der Waals surface area (Å²) in [5.74, 6) is 0.756. The minimum absolute atomic E-state index is 0.0574. The van der Waals surface area contributed by atoms with E-state index in [4.69, 9.17) is 4.74 Å². The van der Waals surface area contributed by atoms with Crippen molar-refractivity contribution in [2.75, 3.05) is 38.2 Å². The summed E-state index contributed by atoms with van der Waals surface area (Å²) in [7, 11) is -2.93. The number of rotatable bonds is 6. The molecule has 114 valence electrons. The average Bonchev–Trinajstić information content (AvgIpc) is 3.22. The molecule has 5 nitrogen and oxygen atoms in total. The Balaban J connectivity index is 1.56. The van der Waals surface area contributed by atoms with Gasteiger partial charge in [0.25, 0.3) is 0 Å². The lowest BCUT2D eigenvalue weighted by atomic mass is 10.1. The summed E-state index contributed by atoms with van der Waals surface area (Å²) in [6, 6.07) is 0. The van der Waals surface area contributed by atoms with Gasteiger partial charge >= 0.3 is 0 Å². The van der Waals surface area contributed by atoms with E-state index in [1.807, 2.05) is 0 Å². The van der Waals surface area contributed by atoms with Crippen LogP contribution in [0.4, 0.5) is 0 Å². The van der Waals surface area contributed by atoms with E-state index in [9.17, 15) is 13.2 Å². The molecule has 1 atom stereocenters. The van der Waals surface area contributed by atoms with Gasteiger partial charge in [-0.1, -0.05) is 0 Å². The summed E-state index contributed by atoms with van der Waals surface area (Å²) in [6.45, 7) is 2.82. The SMILES string of the molecule is CS(=O)(=O)CC1(CN2CCOC(C(=O)C3CC3)C2)CC1. The van der Waals surface area contributed by atoms with Gasteiger partial charge in [-0.3, -0.25) is 9.69 Å². The van der Waals surface area contributed by atoms with E-state index in [2.05, 4.69) is 4.90 Å². The first-order valence-corrected chi connectivity index (χ1v) is 9.48. The topological polar surface area (TPSA) is 63.7 Å². The highest BCUT2D eigenvalue weighted by Gasteiger charge is 2.47. The standard InChI is InChI=1S/C14H23NO4S/c1-20(17,18)10-14(4-5-14)9-15-6-7-19-12(8-15)13(16)11-2-3-11/h11-12H,2-10H2,1H3. The second-order valence-corrected chi connectivity index (χ2v) is 8.98. The highest BCUT2D eigenvalue weighted by molar-refractivity contribution is 7.90. The van der Waals surface area contributed by atoms with Crippen LogP contribution in [0.25, 0.3) is 0 Å². The minimum atomic E-state index is -2.93. The van der Waals surface area contributed by atoms with Crippen LogP contribution in [0.3, 0.4) is 0 Å². The van der Waals surface area contributed by atoms with E-state index in [0.717, 1.165) is 38.8 Å². The number of hydrogen-bond donors (Lipinski definition) is 0. The molecule has 0 amide bonds. The van der Waals surface area contributed by atoms with E-state index in [1.165, 1.54) is 6.26 Å². The molecule has 3 fully saturated rings. The predicted molar refractivity (Wildman–Crippen MR) is 75.3 cm³/mol. The van der Waals surface area contributed by atoms with Crippen LogP contribution >= 0.6 is 0 Å². The number of hydrogen-bond acceptors (Lipinski definition) is 5. The van der Waals surface area contributed by atoms with Crippen LogP contribution in [0.2, 0.25) is 0 Å². The first-order chi connectivity index (χ1) is 9.37. The van der Waals surface area contributed by atoms with E-state index in [0.29, 0.717) is 13.2 Å². The van der Waals surface area contributed by atoms with Gasteiger partial charge < -0.3 is 4.74 Å². The maximum absolute atomic E-state index is 12.1. The van der Waals surface area contributed by atoms with Crippen molar-refractivity contribution in [1.29, 1.82) is 0 Å². The zero-order valence-electron chi connectivity index (χ0n) is 12.0. The second-order valence-electron chi connectivity index (χ2n) is 6.84. The highest BCUT2D eigenvalue weighted by Crippen LogP contribution is 2.47. The zero-order valence-corrected chi connectivity index (χ0v) is 12.8. The Morgan fingerprint density at radius 1 is 1.35 bits per heavy atom. The molecule has 0 aromatic heterocycles. The van der Waals surface area contributed by atoms with Crippen molar-refractivity contribution in [1.82, 2.24) is 4.90 Å². The van der Waals surface area contributed by atoms with Gasteiger partial charge in [0.05, 0.1) is 12.4 Å². The number of Topliss-reactive ketones (excluding diaryl/α,β-unsaturated/α-hetero) is 1. The average molecular weight is 301 g/mol. The van der Waals surface area contributed by atoms with E-state index in [-0.39, 0.29) is 29.0 Å². The monoisotopic (exact) mass is 301 g/mol. The molecule has 20 heavy (non-hydrogen) atoms. The van der Waals surface area contributed by atoms with Crippen molar-refractivity contribution in [2.24, 2.45) is 11.3 Å². The summed E-state index contributed by atoms with van der Waals surface area (Å²) in [4.78, 5) is 14.3. The smallest absolute Gasteiger partial charge is 0.165 e. The fourth-order valence-electron chi connectivity index (χ4n) is 3.20. The summed E-state index contributed by atoms with van der Waals surface area (Å²) in [5.41, 5.74) is -0.0574. The molecule has 6 heteroatoms. The number of carbonyl (C=O) groups is 1. The van der Waals surface area contributed by atoms with Crippen molar-refractivity contribution >= 4 is 15.6 Å². The van der Waals surface area contributed by atoms with Crippen LogP contribution in [0.15, 0.2) is 0 Å². The molecule has 1 heterocycles. The van der Waals surface area contributed by atoms with Gasteiger partial charge in [-0.25, -0.2) is 8.42 Å². The van der Waals surface area contributed by atoms with Gasteiger partial charge in [0, 0.05) is 31.8 Å². The van der Waals surface area contributed by atoms with E-state index < -0.39 is 9.84 Å². The number of ketones is 1. The highest BCUT2D eigenvalue weighted by atomic mass is 32.2. The molecule has 1 saturated heterocycles. The molecular formula is C14H23NO4S. The summed E-state index contributed by atoms with van der Waals surface area (Å²) in [5, 5.41) is 0. The Labute approximate surface area is 120 Å². The largest absolute Gasteiger partial charge is 0.368 e. The Morgan fingerprint density at radius 2 is 2.05 bits per heavy atom. The molecule has 0 aromatic rings. The minimum Gasteiger partial charge on any atom is -0.368 e. The second kappa shape index (κ2) is 5.07. The Hall–Kier alpha value is -0.460. The summed E-state index contributed by atoms with van der Waals surface area (Å²) in [6.07, 6.45) is 5.02. The molecule has 1 aliphatic heterocycles. The maximum Gasteiger partial charge on any atom is 0.165 e. The number of morpholine rings is 1. The van der Waals surface area contributed by atoms with Crippen molar-refractivity contribution in [3.8, 4) is 0 Å². The predicted octanol–water partition coefficient (Wildman–Crippen LogP) is 0.491. The molecule has 0 radical (unpaired) electrons. The third-order valence-electron chi connectivity index (χ3n) is 4.53. The van der Waals surface area contributed by atoms with Crippen LogP contribution in [0.1, 0.15) is 25.7 Å². The quantitative estimate of drug-likeness (QED) is 0.714. The third kappa shape index (κ3) is 3.59. The van der Waals surface area contributed by atoms with E-state index >= 15 is 0 Å². The van der Waals surface area contributed by atoms with Crippen LogP contribution in [-0.2, 0) is 19.4 Å². The fraction of sp³-hybridized carbons (Fsp3) is 0.929. The molecule has 1 unspecified atom stereocenters. The molecule has 3 rings (SSSR count). The van der Waals surface area contributed by atoms with Gasteiger partial charge in [-0.05, 0) is 31.1 Å². The summed E-state index contributed by atoms with van der Waals surface area (Å²) >= 11 is 0. The number of ether oxygens (including phenoxy) is 1. The Bertz CT molecular complexity index is 493.